The summed E-state index contributed by atoms with van der Waals surface area (Å²) >= 11 is 0. The molecule has 1 unspecified atom stereocenters. The number of hydrogen-bond donors (Lipinski definition) is 1. The molecule has 34 heavy (non-hydrogen) atoms. The van der Waals surface area contributed by atoms with E-state index in [2.05, 4.69) is 16.9 Å². The highest BCUT2D eigenvalue weighted by Gasteiger charge is 2.25. The fourth-order valence-electron chi connectivity index (χ4n) is 3.97. The van der Waals surface area contributed by atoms with Gasteiger partial charge in [-0.3, -0.25) is 4.79 Å². The van der Waals surface area contributed by atoms with Crippen LogP contribution in [0.15, 0.2) is 59.3 Å². The van der Waals surface area contributed by atoms with Crippen LogP contribution in [0.1, 0.15) is 45.1 Å². The lowest BCUT2D eigenvalue weighted by molar-refractivity contribution is -0.137. The molecule has 7 heteroatoms. The number of unbranched alkanes of at least 4 members (excludes halogenated alkanes) is 1. The number of carboxylic acid groups (broad SMARTS) is 1. The molecule has 6 nitrogen and oxygen atoms in total. The predicted molar refractivity (Wildman–Crippen MR) is 128 cm³/mol. The summed E-state index contributed by atoms with van der Waals surface area (Å²) in [4.78, 5) is 19.4. The van der Waals surface area contributed by atoms with Crippen LogP contribution in [0.2, 0.25) is 0 Å². The maximum atomic E-state index is 14.8. The van der Waals surface area contributed by atoms with Crippen LogP contribution in [0.25, 0.3) is 33.6 Å². The highest BCUT2D eigenvalue weighted by atomic mass is 19.1. The van der Waals surface area contributed by atoms with Crippen molar-refractivity contribution < 1.29 is 23.4 Å². The van der Waals surface area contributed by atoms with Crippen LogP contribution >= 0.6 is 0 Å². The summed E-state index contributed by atoms with van der Waals surface area (Å²) in [5.74, 6) is -0.465. The summed E-state index contributed by atoms with van der Waals surface area (Å²) in [7, 11) is 0. The van der Waals surface area contributed by atoms with E-state index in [0.29, 0.717) is 46.7 Å². The first-order valence-electron chi connectivity index (χ1n) is 11.5. The molecule has 2 heterocycles. The second-order valence-electron chi connectivity index (χ2n) is 8.26. The lowest BCUT2D eigenvalue weighted by Crippen LogP contribution is -2.13. The molecule has 0 aliphatic rings. The number of nitrogens with zero attached hydrogens (tertiary/aromatic N) is 2. The average Bonchev–Trinajstić information content (AvgIpc) is 3.22. The Bertz CT molecular complexity index is 1280. The molecule has 0 aliphatic heterocycles. The molecule has 4 aromatic rings. The number of carboxylic acids is 1. The van der Waals surface area contributed by atoms with Gasteiger partial charge in [-0.15, -0.1) is 0 Å². The molecule has 176 valence electrons. The molecule has 0 aliphatic carbocycles. The Morgan fingerprint density at radius 2 is 1.88 bits per heavy atom. The normalized spacial score (nSPS) is 12.1. The first-order valence-corrected chi connectivity index (χ1v) is 11.5. The Balaban J connectivity index is 1.78. The minimum atomic E-state index is -0.802. The number of aryl methyl sites for hydroxylation is 1. The van der Waals surface area contributed by atoms with Crippen molar-refractivity contribution in [2.75, 3.05) is 0 Å². The van der Waals surface area contributed by atoms with Crippen molar-refractivity contribution in [3.05, 3.63) is 66.2 Å². The van der Waals surface area contributed by atoms with E-state index in [0.717, 1.165) is 18.4 Å². The van der Waals surface area contributed by atoms with Crippen LogP contribution in [0, 0.1) is 5.82 Å². The average molecular weight is 463 g/mol. The van der Waals surface area contributed by atoms with Crippen LogP contribution in [-0.4, -0.2) is 27.1 Å². The van der Waals surface area contributed by atoms with Crippen LogP contribution in [0.5, 0.6) is 5.88 Å². The number of aliphatic carboxylic acids is 1. The zero-order valence-corrected chi connectivity index (χ0v) is 19.3. The third kappa shape index (κ3) is 5.09. The molecule has 1 atom stereocenters. The Kier molecular flexibility index (Phi) is 7.21. The molecular weight excluding hydrogens is 435 g/mol. The van der Waals surface area contributed by atoms with Crippen molar-refractivity contribution in [2.45, 2.75) is 52.1 Å². The van der Waals surface area contributed by atoms with Crippen LogP contribution in [0.4, 0.5) is 4.39 Å². The Morgan fingerprint density at radius 3 is 2.59 bits per heavy atom. The molecule has 0 amide bonds. The van der Waals surface area contributed by atoms with Crippen LogP contribution in [-0.2, 0) is 11.2 Å². The van der Waals surface area contributed by atoms with Gasteiger partial charge in [0.15, 0.2) is 0 Å². The second-order valence-corrected chi connectivity index (χ2v) is 8.26. The van der Waals surface area contributed by atoms with Crippen LogP contribution < -0.4 is 4.74 Å². The highest BCUT2D eigenvalue weighted by Crippen LogP contribution is 2.44. The minimum absolute atomic E-state index is 0.135. The number of carbonyl (C=O) groups is 1. The van der Waals surface area contributed by atoms with E-state index in [1.54, 1.807) is 18.2 Å². The van der Waals surface area contributed by atoms with E-state index in [1.807, 2.05) is 31.2 Å². The fraction of sp³-hybridized carbons (Fsp3) is 0.296. The van der Waals surface area contributed by atoms with E-state index in [9.17, 15) is 9.18 Å². The zero-order valence-electron chi connectivity index (χ0n) is 19.3. The van der Waals surface area contributed by atoms with Crippen molar-refractivity contribution >= 4 is 17.1 Å². The van der Waals surface area contributed by atoms with Crippen molar-refractivity contribution in [2.24, 2.45) is 0 Å². The lowest BCUT2D eigenvalue weighted by Gasteiger charge is -2.14. The molecular formula is C27H27FN2O4. The van der Waals surface area contributed by atoms with Crippen molar-refractivity contribution in [3.63, 3.8) is 0 Å². The summed E-state index contributed by atoms with van der Waals surface area (Å²) in [5, 5.41) is 9.42. The SMILES string of the molecule is CCc1ccc(-c2c(-c3ccccc3F)oc3ncnc(OC(C)CCCCC(=O)O)c23)cc1. The summed E-state index contributed by atoms with van der Waals surface area (Å²) in [6.07, 6.45) is 4.19. The van der Waals surface area contributed by atoms with Crippen molar-refractivity contribution in [1.82, 2.24) is 9.97 Å². The zero-order chi connectivity index (χ0) is 24.1. The number of benzene rings is 2. The number of halogens is 1. The number of ether oxygens (including phenoxy) is 1. The third-order valence-electron chi connectivity index (χ3n) is 5.79. The minimum Gasteiger partial charge on any atom is -0.481 e. The number of fused-ring (bicyclic) bond motifs is 1. The molecule has 0 saturated carbocycles. The standard InChI is InChI=1S/C27H27FN2O4/c1-3-18-12-14-19(15-13-18)23-24-26(33-17(2)8-4-7-11-22(31)32)29-16-30-27(24)34-25(23)20-9-5-6-10-21(20)28/h5-6,9-10,12-17H,3-4,7-8,11H2,1-2H3,(H,31,32). The van der Waals surface area contributed by atoms with E-state index in [1.165, 1.54) is 18.0 Å². The largest absolute Gasteiger partial charge is 0.481 e. The molecule has 2 aromatic heterocycles. The fourth-order valence-corrected chi connectivity index (χ4v) is 3.97. The van der Waals surface area contributed by atoms with Crippen molar-refractivity contribution in [1.29, 1.82) is 0 Å². The second kappa shape index (κ2) is 10.5. The van der Waals surface area contributed by atoms with Gasteiger partial charge in [0.05, 0.1) is 11.7 Å². The first-order chi connectivity index (χ1) is 16.5. The maximum Gasteiger partial charge on any atom is 0.303 e. The molecule has 0 radical (unpaired) electrons. The molecule has 2 aromatic carbocycles. The Labute approximate surface area is 197 Å². The number of hydrogen-bond acceptors (Lipinski definition) is 5. The summed E-state index contributed by atoms with van der Waals surface area (Å²) in [5.41, 5.74) is 3.37. The molecule has 4 rings (SSSR count). The van der Waals surface area contributed by atoms with E-state index >= 15 is 0 Å². The maximum absolute atomic E-state index is 14.8. The molecule has 0 fully saturated rings. The van der Waals surface area contributed by atoms with Gasteiger partial charge < -0.3 is 14.3 Å². The number of furan rings is 1. The van der Waals surface area contributed by atoms with Crippen molar-refractivity contribution in [3.8, 4) is 28.3 Å². The van der Waals surface area contributed by atoms with Gasteiger partial charge in [0.25, 0.3) is 0 Å². The predicted octanol–water partition coefficient (Wildman–Crippen LogP) is 6.67. The smallest absolute Gasteiger partial charge is 0.303 e. The van der Waals surface area contributed by atoms with Gasteiger partial charge in [0.1, 0.15) is 23.3 Å². The summed E-state index contributed by atoms with van der Waals surface area (Å²) in [6.45, 7) is 4.01. The van der Waals surface area contributed by atoms with Gasteiger partial charge in [0, 0.05) is 12.0 Å². The molecule has 0 bridgehead atoms. The molecule has 1 N–H and O–H groups in total. The van der Waals surface area contributed by atoms with Gasteiger partial charge in [-0.1, -0.05) is 43.3 Å². The van der Waals surface area contributed by atoms with Gasteiger partial charge in [-0.05, 0) is 55.9 Å². The van der Waals surface area contributed by atoms with Gasteiger partial charge in [-0.2, -0.15) is 0 Å². The van der Waals surface area contributed by atoms with Gasteiger partial charge in [0.2, 0.25) is 11.6 Å². The summed E-state index contributed by atoms with van der Waals surface area (Å²) in [6, 6.07) is 14.5. The first kappa shape index (κ1) is 23.4. The van der Waals surface area contributed by atoms with E-state index < -0.39 is 11.8 Å². The lowest BCUT2D eigenvalue weighted by atomic mass is 9.98. The topological polar surface area (TPSA) is 85.5 Å². The van der Waals surface area contributed by atoms with E-state index in [-0.39, 0.29) is 12.5 Å². The monoisotopic (exact) mass is 462 g/mol. The van der Waals surface area contributed by atoms with E-state index in [4.69, 9.17) is 14.3 Å². The Morgan fingerprint density at radius 1 is 1.12 bits per heavy atom. The summed E-state index contributed by atoms with van der Waals surface area (Å²) < 4.78 is 27.0. The molecule has 0 saturated heterocycles. The van der Waals surface area contributed by atoms with Gasteiger partial charge >= 0.3 is 5.97 Å². The number of aromatic nitrogens is 2. The van der Waals surface area contributed by atoms with Gasteiger partial charge in [-0.25, -0.2) is 14.4 Å². The Hall–Kier alpha value is -3.74. The quantitative estimate of drug-likeness (QED) is 0.265. The molecule has 0 spiro atoms. The number of rotatable bonds is 10. The van der Waals surface area contributed by atoms with Crippen LogP contribution in [0.3, 0.4) is 0 Å². The highest BCUT2D eigenvalue weighted by molar-refractivity contribution is 6.03. The third-order valence-corrected chi connectivity index (χ3v) is 5.79.